The van der Waals surface area contributed by atoms with Gasteiger partial charge in [0.05, 0.1) is 12.0 Å². The number of hydrogen-bond acceptors (Lipinski definition) is 5. The molecule has 28 heavy (non-hydrogen) atoms. The van der Waals surface area contributed by atoms with E-state index in [1.807, 2.05) is 72.4 Å². The Bertz CT molecular complexity index is 1130. The molecule has 1 amide bonds. The Labute approximate surface area is 165 Å². The van der Waals surface area contributed by atoms with Crippen molar-refractivity contribution in [2.75, 3.05) is 5.75 Å². The van der Waals surface area contributed by atoms with Gasteiger partial charge in [0.15, 0.2) is 11.0 Å². The smallest absolute Gasteiger partial charge is 0.250 e. The second-order valence-electron chi connectivity index (χ2n) is 6.10. The minimum Gasteiger partial charge on any atom is -0.361 e. The van der Waals surface area contributed by atoms with Crippen molar-refractivity contribution >= 4 is 34.8 Å². The van der Waals surface area contributed by atoms with E-state index in [4.69, 9.17) is 0 Å². The van der Waals surface area contributed by atoms with E-state index < -0.39 is 0 Å². The van der Waals surface area contributed by atoms with Gasteiger partial charge in [0.1, 0.15) is 0 Å². The van der Waals surface area contributed by atoms with Gasteiger partial charge < -0.3 is 9.55 Å². The van der Waals surface area contributed by atoms with Gasteiger partial charge >= 0.3 is 0 Å². The van der Waals surface area contributed by atoms with Gasteiger partial charge in [-0.1, -0.05) is 60.3 Å². The number of hydrazone groups is 1. The quantitative estimate of drug-likeness (QED) is 0.301. The number of nitrogens with zero attached hydrogens (tertiary/aromatic N) is 4. The molecule has 7 nitrogen and oxygen atoms in total. The fraction of sp³-hybridized carbons (Fsp3) is 0.100. The Morgan fingerprint density at radius 1 is 1.18 bits per heavy atom. The van der Waals surface area contributed by atoms with E-state index in [2.05, 4.69) is 25.7 Å². The van der Waals surface area contributed by atoms with Crippen LogP contribution in [0.3, 0.4) is 0 Å². The number of H-pyrrole nitrogens is 1. The van der Waals surface area contributed by atoms with Crippen LogP contribution in [0.25, 0.3) is 22.3 Å². The maximum atomic E-state index is 12.1. The summed E-state index contributed by atoms with van der Waals surface area (Å²) < 4.78 is 1.88. The summed E-state index contributed by atoms with van der Waals surface area (Å²) in [4.78, 5) is 15.3. The zero-order valence-corrected chi connectivity index (χ0v) is 16.0. The van der Waals surface area contributed by atoms with E-state index >= 15 is 0 Å². The maximum Gasteiger partial charge on any atom is 0.250 e. The van der Waals surface area contributed by atoms with Crippen LogP contribution < -0.4 is 5.43 Å². The topological polar surface area (TPSA) is 88.0 Å². The third kappa shape index (κ3) is 3.81. The normalized spacial score (nSPS) is 11.3. The Kier molecular flexibility index (Phi) is 5.20. The number of aromatic amines is 1. The molecular formula is C20H18N6OS. The number of thioether (sulfide) groups is 1. The third-order valence-electron chi connectivity index (χ3n) is 4.21. The maximum absolute atomic E-state index is 12.1. The van der Waals surface area contributed by atoms with E-state index in [0.29, 0.717) is 5.16 Å². The molecule has 0 aliphatic rings. The zero-order chi connectivity index (χ0) is 19.3. The summed E-state index contributed by atoms with van der Waals surface area (Å²) in [6, 6.07) is 17.7. The Hall–Kier alpha value is -3.39. The van der Waals surface area contributed by atoms with Crippen LogP contribution in [-0.4, -0.2) is 37.6 Å². The van der Waals surface area contributed by atoms with Gasteiger partial charge in [0.25, 0.3) is 5.91 Å². The van der Waals surface area contributed by atoms with Gasteiger partial charge in [-0.3, -0.25) is 4.79 Å². The number of benzene rings is 2. The second kappa shape index (κ2) is 8.10. The monoisotopic (exact) mass is 390 g/mol. The van der Waals surface area contributed by atoms with Gasteiger partial charge in [-0.05, 0) is 6.07 Å². The molecular weight excluding hydrogens is 372 g/mol. The predicted molar refractivity (Wildman–Crippen MR) is 111 cm³/mol. The van der Waals surface area contributed by atoms with Crippen LogP contribution in [0.5, 0.6) is 0 Å². The lowest BCUT2D eigenvalue weighted by Gasteiger charge is -2.03. The Morgan fingerprint density at radius 2 is 1.96 bits per heavy atom. The summed E-state index contributed by atoms with van der Waals surface area (Å²) in [5, 5.41) is 14.2. The van der Waals surface area contributed by atoms with Crippen LogP contribution >= 0.6 is 11.8 Å². The van der Waals surface area contributed by atoms with Crippen LogP contribution in [0.2, 0.25) is 0 Å². The van der Waals surface area contributed by atoms with Crippen molar-refractivity contribution < 1.29 is 4.79 Å². The zero-order valence-electron chi connectivity index (χ0n) is 15.2. The molecule has 0 radical (unpaired) electrons. The molecule has 2 aromatic carbocycles. The molecule has 0 aliphatic heterocycles. The summed E-state index contributed by atoms with van der Waals surface area (Å²) in [5.41, 5.74) is 5.49. The molecule has 2 heterocycles. The molecule has 4 aromatic rings. The highest BCUT2D eigenvalue weighted by Gasteiger charge is 2.12. The number of amides is 1. The molecule has 0 unspecified atom stereocenters. The fourth-order valence-electron chi connectivity index (χ4n) is 2.82. The second-order valence-corrected chi connectivity index (χ2v) is 7.05. The minimum absolute atomic E-state index is 0.200. The number of carbonyl (C=O) groups excluding carboxylic acids is 1. The SMILES string of the molecule is Cn1c(SCC(=O)NN=Cc2c[nH]c3ccccc23)nnc1-c1ccccc1. The first kappa shape index (κ1) is 18.0. The van der Waals surface area contributed by atoms with Gasteiger partial charge in [0, 0.05) is 35.3 Å². The standard InChI is InChI=1S/C20H18N6OS/c1-26-19(14-7-3-2-4-8-14)24-25-20(26)28-13-18(27)23-22-12-15-11-21-17-10-6-5-9-16(15)17/h2-12,21H,13H2,1H3,(H,23,27). The van der Waals surface area contributed by atoms with Crippen molar-refractivity contribution in [3.63, 3.8) is 0 Å². The van der Waals surface area contributed by atoms with E-state index in [9.17, 15) is 4.79 Å². The number of rotatable bonds is 6. The first-order chi connectivity index (χ1) is 13.7. The summed E-state index contributed by atoms with van der Waals surface area (Å²) in [5.74, 6) is 0.762. The average molecular weight is 390 g/mol. The summed E-state index contributed by atoms with van der Waals surface area (Å²) >= 11 is 1.32. The highest BCUT2D eigenvalue weighted by Crippen LogP contribution is 2.22. The Balaban J connectivity index is 1.34. The molecule has 0 saturated carbocycles. The lowest BCUT2D eigenvalue weighted by molar-refractivity contribution is -0.118. The Morgan fingerprint density at radius 3 is 2.82 bits per heavy atom. The lowest BCUT2D eigenvalue weighted by Crippen LogP contribution is -2.19. The van der Waals surface area contributed by atoms with Crippen molar-refractivity contribution in [1.82, 2.24) is 25.2 Å². The molecule has 2 N–H and O–H groups in total. The van der Waals surface area contributed by atoms with Crippen LogP contribution in [-0.2, 0) is 11.8 Å². The van der Waals surface area contributed by atoms with Gasteiger partial charge in [-0.25, -0.2) is 5.43 Å². The number of carbonyl (C=O) groups is 1. The first-order valence-electron chi connectivity index (χ1n) is 8.68. The lowest BCUT2D eigenvalue weighted by atomic mass is 10.2. The molecule has 2 aromatic heterocycles. The molecule has 0 fully saturated rings. The number of aromatic nitrogens is 4. The first-order valence-corrected chi connectivity index (χ1v) is 9.66. The van der Waals surface area contributed by atoms with Crippen LogP contribution in [0, 0.1) is 0 Å². The van der Waals surface area contributed by atoms with Gasteiger partial charge in [-0.15, -0.1) is 10.2 Å². The van der Waals surface area contributed by atoms with E-state index in [1.165, 1.54) is 11.8 Å². The summed E-state index contributed by atoms with van der Waals surface area (Å²) in [6.07, 6.45) is 3.50. The number of hydrogen-bond donors (Lipinski definition) is 2. The minimum atomic E-state index is -0.203. The number of nitrogens with one attached hydrogen (secondary N) is 2. The largest absolute Gasteiger partial charge is 0.361 e. The molecule has 0 saturated heterocycles. The molecule has 8 heteroatoms. The molecule has 0 atom stereocenters. The van der Waals surface area contributed by atoms with Crippen molar-refractivity contribution in [3.8, 4) is 11.4 Å². The van der Waals surface area contributed by atoms with E-state index in [-0.39, 0.29) is 11.7 Å². The van der Waals surface area contributed by atoms with Crippen LogP contribution in [0.4, 0.5) is 0 Å². The predicted octanol–water partition coefficient (Wildman–Crippen LogP) is 3.21. The molecule has 4 rings (SSSR count). The highest BCUT2D eigenvalue weighted by molar-refractivity contribution is 7.99. The van der Waals surface area contributed by atoms with E-state index in [1.54, 1.807) is 6.21 Å². The molecule has 0 aliphatic carbocycles. The molecule has 0 spiro atoms. The number of para-hydroxylation sites is 1. The van der Waals surface area contributed by atoms with E-state index in [0.717, 1.165) is 27.9 Å². The van der Waals surface area contributed by atoms with Crippen LogP contribution in [0.1, 0.15) is 5.56 Å². The number of fused-ring (bicyclic) bond motifs is 1. The fourth-order valence-corrected chi connectivity index (χ4v) is 3.52. The van der Waals surface area contributed by atoms with Gasteiger partial charge in [0.2, 0.25) is 0 Å². The summed E-state index contributed by atoms with van der Waals surface area (Å²) in [6.45, 7) is 0. The third-order valence-corrected chi connectivity index (χ3v) is 5.23. The van der Waals surface area contributed by atoms with Crippen LogP contribution in [0.15, 0.2) is 71.1 Å². The van der Waals surface area contributed by atoms with Crippen molar-refractivity contribution in [2.24, 2.45) is 12.1 Å². The van der Waals surface area contributed by atoms with Crippen molar-refractivity contribution in [1.29, 1.82) is 0 Å². The van der Waals surface area contributed by atoms with Crippen molar-refractivity contribution in [2.45, 2.75) is 5.16 Å². The van der Waals surface area contributed by atoms with Gasteiger partial charge in [-0.2, -0.15) is 5.10 Å². The highest BCUT2D eigenvalue weighted by atomic mass is 32.2. The average Bonchev–Trinajstić information content (AvgIpc) is 3.31. The summed E-state index contributed by atoms with van der Waals surface area (Å²) in [7, 11) is 1.89. The molecule has 0 bridgehead atoms. The molecule has 140 valence electrons. The van der Waals surface area contributed by atoms with Crippen molar-refractivity contribution in [3.05, 3.63) is 66.4 Å².